The molecule has 0 radical (unpaired) electrons. The quantitative estimate of drug-likeness (QED) is 0.0233. The van der Waals surface area contributed by atoms with Crippen molar-refractivity contribution in [2.24, 2.45) is 5.73 Å². The molecule has 0 fully saturated rings. The Labute approximate surface area is 369 Å². The van der Waals surface area contributed by atoms with Crippen molar-refractivity contribution in [3.8, 4) is 0 Å². The average Bonchev–Trinajstić information content (AvgIpc) is 3.23. The number of esters is 1. The maximum Gasteiger partial charge on any atom is 0.472 e. The zero-order valence-electron chi connectivity index (χ0n) is 39.1. The first-order valence-electron chi connectivity index (χ1n) is 25.2. The highest BCUT2D eigenvalue weighted by molar-refractivity contribution is 7.47. The lowest BCUT2D eigenvalue weighted by Crippen LogP contribution is -2.34. The molecule has 0 amide bonds. The van der Waals surface area contributed by atoms with E-state index in [1.165, 1.54) is 186 Å². The Bertz CT molecular complexity index is 1010. The smallest absolute Gasteiger partial charge is 0.472 e. The van der Waals surface area contributed by atoms with Gasteiger partial charge in [0.2, 0.25) is 0 Å². The summed E-state index contributed by atoms with van der Waals surface area (Å²) in [6.07, 6.45) is 49.8. The molecule has 4 N–H and O–H groups in total. The fraction of sp³-hybridized carbons (Fsp3) is 0.918. The Morgan fingerprint density at radius 3 is 1.27 bits per heavy atom. The highest BCUT2D eigenvalue weighted by atomic mass is 31.2. The van der Waals surface area contributed by atoms with Crippen LogP contribution in [0.1, 0.15) is 251 Å². The maximum atomic E-state index is 12.7. The van der Waals surface area contributed by atoms with E-state index in [0.29, 0.717) is 13.0 Å². The standard InChI is InChI=1S/C49H96NO9P/c1-3-5-7-9-11-13-15-17-19-21-23-25-27-29-31-33-35-37-39-41-48(51)59-46(44-57-60(54,55)58-45-47(50)49(52)53)43-56-42-40-38-36-34-32-30-28-26-24-22-20-18-16-14-12-10-8-6-4-2/h17,19,46-47H,3-16,18,20-45,50H2,1-2H3,(H,52,53)(H,54,55)/b19-17-. The van der Waals surface area contributed by atoms with Crippen LogP contribution in [0.3, 0.4) is 0 Å². The molecular weight excluding hydrogens is 778 g/mol. The largest absolute Gasteiger partial charge is 0.480 e. The van der Waals surface area contributed by atoms with E-state index in [9.17, 15) is 19.0 Å². The molecule has 0 aliphatic carbocycles. The number of carbonyl (C=O) groups excluding carboxylic acids is 1. The van der Waals surface area contributed by atoms with Gasteiger partial charge in [-0.2, -0.15) is 0 Å². The average molecular weight is 874 g/mol. The van der Waals surface area contributed by atoms with E-state index in [2.05, 4.69) is 26.0 Å². The second-order valence-electron chi connectivity index (χ2n) is 17.3. The highest BCUT2D eigenvalue weighted by Crippen LogP contribution is 2.43. The number of hydrogen-bond donors (Lipinski definition) is 3. The summed E-state index contributed by atoms with van der Waals surface area (Å²) >= 11 is 0. The molecule has 0 saturated heterocycles. The maximum absolute atomic E-state index is 12.7. The molecule has 3 unspecified atom stereocenters. The van der Waals surface area contributed by atoms with Crippen LogP contribution in [-0.2, 0) is 32.7 Å². The van der Waals surface area contributed by atoms with E-state index in [1.807, 2.05) is 0 Å². The number of phosphoric acid groups is 1. The van der Waals surface area contributed by atoms with Crippen LogP contribution < -0.4 is 5.73 Å². The van der Waals surface area contributed by atoms with Gasteiger partial charge < -0.3 is 25.2 Å². The number of phosphoric ester groups is 1. The van der Waals surface area contributed by atoms with E-state index in [1.54, 1.807) is 0 Å². The van der Waals surface area contributed by atoms with Crippen molar-refractivity contribution < 1.29 is 42.7 Å². The summed E-state index contributed by atoms with van der Waals surface area (Å²) in [4.78, 5) is 33.7. The number of rotatable bonds is 49. The summed E-state index contributed by atoms with van der Waals surface area (Å²) in [5.41, 5.74) is 5.37. The molecule has 356 valence electrons. The van der Waals surface area contributed by atoms with Gasteiger partial charge in [-0.1, -0.05) is 219 Å². The van der Waals surface area contributed by atoms with Crippen molar-refractivity contribution in [1.29, 1.82) is 0 Å². The number of carboxylic acids is 1. The van der Waals surface area contributed by atoms with Gasteiger partial charge >= 0.3 is 19.8 Å². The van der Waals surface area contributed by atoms with Gasteiger partial charge in [0, 0.05) is 13.0 Å². The lowest BCUT2D eigenvalue weighted by atomic mass is 10.0. The Hall–Kier alpha value is -1.29. The highest BCUT2D eigenvalue weighted by Gasteiger charge is 2.27. The predicted molar refractivity (Wildman–Crippen MR) is 249 cm³/mol. The molecule has 0 bridgehead atoms. The van der Waals surface area contributed by atoms with Crippen LogP contribution in [0.25, 0.3) is 0 Å². The van der Waals surface area contributed by atoms with Crippen LogP contribution in [0, 0.1) is 0 Å². The third kappa shape index (κ3) is 44.8. The van der Waals surface area contributed by atoms with Crippen LogP contribution in [0.4, 0.5) is 0 Å². The normalized spacial score (nSPS) is 13.8. The van der Waals surface area contributed by atoms with E-state index < -0.39 is 45.1 Å². The summed E-state index contributed by atoms with van der Waals surface area (Å²) in [5, 5.41) is 8.92. The number of carbonyl (C=O) groups is 2. The van der Waals surface area contributed by atoms with Gasteiger partial charge in [-0.3, -0.25) is 18.6 Å². The summed E-state index contributed by atoms with van der Waals surface area (Å²) in [6, 6.07) is -1.47. The van der Waals surface area contributed by atoms with Crippen molar-refractivity contribution in [3.63, 3.8) is 0 Å². The summed E-state index contributed by atoms with van der Waals surface area (Å²) in [7, 11) is -4.62. The van der Waals surface area contributed by atoms with Crippen molar-refractivity contribution >= 4 is 19.8 Å². The Balaban J connectivity index is 4.12. The molecule has 0 aromatic rings. The van der Waals surface area contributed by atoms with Crippen molar-refractivity contribution in [2.45, 2.75) is 264 Å². The molecule has 11 heteroatoms. The number of nitrogens with two attached hydrogens (primary N) is 1. The SMILES string of the molecule is CCCCCCCC/C=C\CCCCCCCCCCCC(=O)OC(COCCCCCCCCCCCCCCCCCCCCC)COP(=O)(O)OCC(N)C(=O)O. The molecular formula is C49H96NO9P. The lowest BCUT2D eigenvalue weighted by molar-refractivity contribution is -0.154. The van der Waals surface area contributed by atoms with E-state index in [0.717, 1.165) is 38.5 Å². The minimum absolute atomic E-state index is 0.0227. The van der Waals surface area contributed by atoms with Gasteiger partial charge in [0.05, 0.1) is 19.8 Å². The second kappa shape index (κ2) is 45.7. The van der Waals surface area contributed by atoms with Gasteiger partial charge in [-0.05, 0) is 38.5 Å². The zero-order valence-corrected chi connectivity index (χ0v) is 40.0. The van der Waals surface area contributed by atoms with Crippen LogP contribution >= 0.6 is 7.82 Å². The van der Waals surface area contributed by atoms with Crippen molar-refractivity contribution in [1.82, 2.24) is 0 Å². The van der Waals surface area contributed by atoms with E-state index in [-0.39, 0.29) is 13.0 Å². The summed E-state index contributed by atoms with van der Waals surface area (Å²) in [6.45, 7) is 3.94. The van der Waals surface area contributed by atoms with Crippen LogP contribution in [0.2, 0.25) is 0 Å². The number of allylic oxidation sites excluding steroid dienone is 2. The first-order valence-corrected chi connectivity index (χ1v) is 26.7. The Morgan fingerprint density at radius 2 is 0.867 bits per heavy atom. The number of hydrogen-bond acceptors (Lipinski definition) is 8. The molecule has 0 aliphatic rings. The predicted octanol–water partition coefficient (Wildman–Crippen LogP) is 14.5. The third-order valence-corrected chi connectivity index (χ3v) is 12.2. The molecule has 0 aromatic carbocycles. The first kappa shape index (κ1) is 58.7. The number of aliphatic carboxylic acids is 1. The molecule has 0 saturated carbocycles. The van der Waals surface area contributed by atoms with E-state index >= 15 is 0 Å². The van der Waals surface area contributed by atoms with Gasteiger partial charge in [0.25, 0.3) is 0 Å². The fourth-order valence-electron chi connectivity index (χ4n) is 7.37. The molecule has 0 aliphatic heterocycles. The third-order valence-electron chi connectivity index (χ3n) is 11.3. The van der Waals surface area contributed by atoms with E-state index in [4.69, 9.17) is 29.4 Å². The molecule has 10 nitrogen and oxygen atoms in total. The molecule has 3 atom stereocenters. The first-order chi connectivity index (χ1) is 29.2. The summed E-state index contributed by atoms with van der Waals surface area (Å²) < 4.78 is 33.5. The van der Waals surface area contributed by atoms with Gasteiger partial charge in [0.1, 0.15) is 12.1 Å². The van der Waals surface area contributed by atoms with Crippen LogP contribution in [0.5, 0.6) is 0 Å². The molecule has 0 rings (SSSR count). The zero-order chi connectivity index (χ0) is 44.0. The van der Waals surface area contributed by atoms with Crippen LogP contribution in [-0.4, -0.2) is 60.5 Å². The number of carboxylic acid groups (broad SMARTS) is 1. The Kier molecular flexibility index (Phi) is 44.7. The van der Waals surface area contributed by atoms with Gasteiger partial charge in [0.15, 0.2) is 0 Å². The molecule has 0 spiro atoms. The topological polar surface area (TPSA) is 155 Å². The number of ether oxygens (including phenoxy) is 2. The Morgan fingerprint density at radius 1 is 0.517 bits per heavy atom. The lowest BCUT2D eigenvalue weighted by Gasteiger charge is -2.20. The number of unbranched alkanes of at least 4 members (excludes halogenated alkanes) is 33. The monoisotopic (exact) mass is 874 g/mol. The minimum Gasteiger partial charge on any atom is -0.480 e. The van der Waals surface area contributed by atoms with Gasteiger partial charge in [-0.15, -0.1) is 0 Å². The van der Waals surface area contributed by atoms with Crippen LogP contribution in [0.15, 0.2) is 12.2 Å². The summed E-state index contributed by atoms with van der Waals surface area (Å²) in [5.74, 6) is -1.77. The molecule has 60 heavy (non-hydrogen) atoms. The van der Waals surface area contributed by atoms with Gasteiger partial charge in [-0.25, -0.2) is 4.57 Å². The van der Waals surface area contributed by atoms with Crippen molar-refractivity contribution in [3.05, 3.63) is 12.2 Å². The molecule has 0 aromatic heterocycles. The second-order valence-corrected chi connectivity index (χ2v) is 18.8. The minimum atomic E-state index is -4.62. The fourth-order valence-corrected chi connectivity index (χ4v) is 8.14. The molecule has 0 heterocycles. The van der Waals surface area contributed by atoms with Crippen molar-refractivity contribution in [2.75, 3.05) is 26.4 Å².